The van der Waals surface area contributed by atoms with Crippen LogP contribution in [0.4, 0.5) is 14.5 Å². The lowest BCUT2D eigenvalue weighted by Crippen LogP contribution is -2.18. The molecular formula is C13H12F2N2O2S. The number of nitro groups is 1. The predicted molar refractivity (Wildman–Crippen MR) is 72.6 cm³/mol. The summed E-state index contributed by atoms with van der Waals surface area (Å²) in [7, 11) is 0. The number of hydrogen-bond acceptors (Lipinski definition) is 4. The Kier molecular flexibility index (Phi) is 4.41. The van der Waals surface area contributed by atoms with Gasteiger partial charge in [-0.3, -0.25) is 10.1 Å². The second-order valence-electron chi connectivity index (χ2n) is 4.27. The van der Waals surface area contributed by atoms with Gasteiger partial charge in [0.05, 0.1) is 4.92 Å². The largest absolute Gasteiger partial charge is 0.305 e. The van der Waals surface area contributed by atoms with E-state index in [9.17, 15) is 18.9 Å². The van der Waals surface area contributed by atoms with E-state index < -0.39 is 22.2 Å². The van der Waals surface area contributed by atoms with E-state index in [1.54, 1.807) is 11.3 Å². The van der Waals surface area contributed by atoms with E-state index in [0.29, 0.717) is 6.07 Å². The molecule has 0 fully saturated rings. The minimum atomic E-state index is -1.16. The Morgan fingerprint density at radius 1 is 1.40 bits per heavy atom. The summed E-state index contributed by atoms with van der Waals surface area (Å²) in [6.07, 6.45) is 0. The first kappa shape index (κ1) is 14.5. The van der Waals surface area contributed by atoms with Gasteiger partial charge in [-0.1, -0.05) is 6.07 Å². The lowest BCUT2D eigenvalue weighted by molar-refractivity contribution is -0.387. The van der Waals surface area contributed by atoms with E-state index in [1.165, 1.54) is 0 Å². The quantitative estimate of drug-likeness (QED) is 0.675. The van der Waals surface area contributed by atoms with Crippen LogP contribution in [0, 0.1) is 21.7 Å². The smallest absolute Gasteiger partial charge is 0.305 e. The molecule has 2 aromatic rings. The van der Waals surface area contributed by atoms with Gasteiger partial charge in [0.2, 0.25) is 5.82 Å². The minimum Gasteiger partial charge on any atom is -0.305 e. The van der Waals surface area contributed by atoms with E-state index in [2.05, 4.69) is 5.32 Å². The number of nitro benzene ring substituents is 1. The maximum absolute atomic E-state index is 13.6. The average Bonchev–Trinajstić information content (AvgIpc) is 2.90. The van der Waals surface area contributed by atoms with Crippen LogP contribution >= 0.6 is 11.3 Å². The monoisotopic (exact) mass is 298 g/mol. The fourth-order valence-corrected chi connectivity index (χ4v) is 2.52. The molecule has 0 saturated heterocycles. The molecule has 1 aromatic heterocycles. The Bertz CT molecular complexity index is 617. The van der Waals surface area contributed by atoms with Crippen molar-refractivity contribution in [3.63, 3.8) is 0 Å². The molecule has 0 aliphatic rings. The zero-order valence-electron chi connectivity index (χ0n) is 10.6. The summed E-state index contributed by atoms with van der Waals surface area (Å²) in [6, 6.07) is 5.30. The first-order valence-corrected chi connectivity index (χ1v) is 6.76. The highest BCUT2D eigenvalue weighted by molar-refractivity contribution is 7.10. The van der Waals surface area contributed by atoms with Gasteiger partial charge >= 0.3 is 5.69 Å². The van der Waals surface area contributed by atoms with Crippen molar-refractivity contribution in [2.24, 2.45) is 0 Å². The van der Waals surface area contributed by atoms with Crippen molar-refractivity contribution in [3.05, 3.63) is 61.8 Å². The standard InChI is InChI=1S/C13H12F2N2O2S/c1-8(13-3-2-4-20-13)16-7-9-5-12(17(18)19)11(15)6-10(9)14/h2-6,8,16H,7H2,1H3/t8-/m0/s1. The molecule has 1 N–H and O–H groups in total. The number of nitrogens with zero attached hydrogens (tertiary/aromatic N) is 1. The van der Waals surface area contributed by atoms with Gasteiger partial charge in [-0.25, -0.2) is 4.39 Å². The second-order valence-corrected chi connectivity index (χ2v) is 5.25. The number of thiophene rings is 1. The van der Waals surface area contributed by atoms with Crippen molar-refractivity contribution in [3.8, 4) is 0 Å². The maximum atomic E-state index is 13.6. The van der Waals surface area contributed by atoms with Crippen LogP contribution in [0.1, 0.15) is 23.4 Å². The molecule has 0 bridgehead atoms. The summed E-state index contributed by atoms with van der Waals surface area (Å²) in [5, 5.41) is 15.6. The van der Waals surface area contributed by atoms with Crippen LogP contribution in [0.5, 0.6) is 0 Å². The molecule has 0 unspecified atom stereocenters. The third-order valence-electron chi connectivity index (χ3n) is 2.88. The molecule has 0 aliphatic carbocycles. The summed E-state index contributed by atoms with van der Waals surface area (Å²) in [4.78, 5) is 10.8. The van der Waals surface area contributed by atoms with E-state index in [1.807, 2.05) is 24.4 Å². The molecule has 7 heteroatoms. The second kappa shape index (κ2) is 6.06. The van der Waals surface area contributed by atoms with E-state index in [-0.39, 0.29) is 18.2 Å². The predicted octanol–water partition coefficient (Wildman–Crippen LogP) is 3.79. The molecule has 1 atom stereocenters. The normalized spacial score (nSPS) is 12.3. The molecule has 0 aliphatic heterocycles. The average molecular weight is 298 g/mol. The van der Waals surface area contributed by atoms with Crippen LogP contribution in [-0.2, 0) is 6.54 Å². The van der Waals surface area contributed by atoms with Gasteiger partial charge in [0.25, 0.3) is 0 Å². The summed E-state index contributed by atoms with van der Waals surface area (Å²) in [6.45, 7) is 1.99. The SMILES string of the molecule is C[C@H](NCc1cc([N+](=O)[O-])c(F)cc1F)c1cccs1. The molecule has 0 radical (unpaired) electrons. The molecule has 2 rings (SSSR count). The van der Waals surface area contributed by atoms with Crippen LogP contribution in [0.3, 0.4) is 0 Å². The number of benzene rings is 1. The molecular weight excluding hydrogens is 286 g/mol. The molecule has 106 valence electrons. The summed E-state index contributed by atoms with van der Waals surface area (Å²) in [5.41, 5.74) is -0.645. The maximum Gasteiger partial charge on any atom is 0.305 e. The van der Waals surface area contributed by atoms with Crippen molar-refractivity contribution in [1.82, 2.24) is 5.32 Å². The Morgan fingerprint density at radius 2 is 2.15 bits per heavy atom. The van der Waals surface area contributed by atoms with Crippen molar-refractivity contribution in [2.45, 2.75) is 19.5 Å². The van der Waals surface area contributed by atoms with Gasteiger partial charge in [0, 0.05) is 35.2 Å². The van der Waals surface area contributed by atoms with Gasteiger partial charge in [0.15, 0.2) is 0 Å². The fourth-order valence-electron chi connectivity index (χ4n) is 1.76. The third kappa shape index (κ3) is 3.17. The van der Waals surface area contributed by atoms with Gasteiger partial charge in [-0.05, 0) is 18.4 Å². The molecule has 4 nitrogen and oxygen atoms in total. The molecule has 0 amide bonds. The lowest BCUT2D eigenvalue weighted by Gasteiger charge is -2.12. The highest BCUT2D eigenvalue weighted by Crippen LogP contribution is 2.23. The zero-order valence-corrected chi connectivity index (χ0v) is 11.4. The van der Waals surface area contributed by atoms with E-state index in [0.717, 1.165) is 10.9 Å². The Labute approximate surface area is 118 Å². The topological polar surface area (TPSA) is 55.2 Å². The summed E-state index contributed by atoms with van der Waals surface area (Å²) in [5.74, 6) is -1.96. The third-order valence-corrected chi connectivity index (χ3v) is 3.94. The van der Waals surface area contributed by atoms with Gasteiger partial charge in [-0.2, -0.15) is 4.39 Å². The van der Waals surface area contributed by atoms with Gasteiger partial charge in [0.1, 0.15) is 5.82 Å². The van der Waals surface area contributed by atoms with Crippen molar-refractivity contribution < 1.29 is 13.7 Å². The highest BCUT2D eigenvalue weighted by Gasteiger charge is 2.18. The van der Waals surface area contributed by atoms with Crippen molar-refractivity contribution >= 4 is 17.0 Å². The first-order chi connectivity index (χ1) is 9.49. The van der Waals surface area contributed by atoms with Crippen LogP contribution in [0.2, 0.25) is 0 Å². The molecule has 1 heterocycles. The number of halogens is 2. The number of rotatable bonds is 5. The number of nitrogens with one attached hydrogen (secondary N) is 1. The highest BCUT2D eigenvalue weighted by atomic mass is 32.1. The minimum absolute atomic E-state index is 0.0153. The summed E-state index contributed by atoms with van der Waals surface area (Å²) >= 11 is 1.56. The van der Waals surface area contributed by atoms with Gasteiger partial charge in [-0.15, -0.1) is 11.3 Å². The van der Waals surface area contributed by atoms with Gasteiger partial charge < -0.3 is 5.32 Å². The van der Waals surface area contributed by atoms with E-state index in [4.69, 9.17) is 0 Å². The Morgan fingerprint density at radius 3 is 2.75 bits per heavy atom. The van der Waals surface area contributed by atoms with Crippen LogP contribution in [-0.4, -0.2) is 4.92 Å². The zero-order chi connectivity index (χ0) is 14.7. The van der Waals surface area contributed by atoms with E-state index >= 15 is 0 Å². The summed E-state index contributed by atoms with van der Waals surface area (Å²) < 4.78 is 26.8. The Balaban J connectivity index is 2.13. The van der Waals surface area contributed by atoms with Crippen LogP contribution < -0.4 is 5.32 Å². The van der Waals surface area contributed by atoms with Crippen molar-refractivity contribution in [1.29, 1.82) is 0 Å². The first-order valence-electron chi connectivity index (χ1n) is 5.88. The fraction of sp³-hybridized carbons (Fsp3) is 0.231. The molecule has 1 aromatic carbocycles. The number of hydrogen-bond donors (Lipinski definition) is 1. The molecule has 0 saturated carbocycles. The van der Waals surface area contributed by atoms with Crippen molar-refractivity contribution in [2.75, 3.05) is 0 Å². The van der Waals surface area contributed by atoms with Crippen LogP contribution in [0.15, 0.2) is 29.6 Å². The molecule has 0 spiro atoms. The Hall–Kier alpha value is -1.86. The molecule has 20 heavy (non-hydrogen) atoms. The van der Waals surface area contributed by atoms with Crippen LogP contribution in [0.25, 0.3) is 0 Å². The lowest BCUT2D eigenvalue weighted by atomic mass is 10.1.